The third-order valence-electron chi connectivity index (χ3n) is 3.45. The molecule has 1 aliphatic carbocycles. The van der Waals surface area contributed by atoms with E-state index in [-0.39, 0.29) is 5.97 Å². The highest BCUT2D eigenvalue weighted by Crippen LogP contribution is 2.37. The first kappa shape index (κ1) is 12.9. The Morgan fingerprint density at radius 1 is 1.33 bits per heavy atom. The van der Waals surface area contributed by atoms with E-state index in [4.69, 9.17) is 4.74 Å². The van der Waals surface area contributed by atoms with Crippen LogP contribution in [0.3, 0.4) is 0 Å². The molecule has 1 fully saturated rings. The molecule has 0 radical (unpaired) electrons. The van der Waals surface area contributed by atoms with Gasteiger partial charge < -0.3 is 4.74 Å². The molecule has 0 spiro atoms. The van der Waals surface area contributed by atoms with Gasteiger partial charge in [0.05, 0.1) is 6.61 Å². The van der Waals surface area contributed by atoms with Crippen LogP contribution >= 0.6 is 0 Å². The van der Waals surface area contributed by atoms with Crippen LogP contribution in [0.1, 0.15) is 44.1 Å². The minimum atomic E-state index is -0.199. The number of benzene rings is 1. The normalized spacial score (nSPS) is 21.8. The molecule has 0 aliphatic heterocycles. The molecule has 1 aliphatic rings. The molecule has 1 atom stereocenters. The number of carbonyl (C=O) groups is 1. The Balaban J connectivity index is 2.18. The van der Waals surface area contributed by atoms with Crippen LogP contribution in [0.25, 0.3) is 0 Å². The Hall–Kier alpha value is -1.57. The zero-order chi connectivity index (χ0) is 12.8. The van der Waals surface area contributed by atoms with Crippen LogP contribution in [0.2, 0.25) is 0 Å². The molecule has 1 aromatic rings. The topological polar surface area (TPSA) is 26.3 Å². The Labute approximate surface area is 109 Å². The smallest absolute Gasteiger partial charge is 0.330 e. The molecule has 2 rings (SSSR count). The van der Waals surface area contributed by atoms with E-state index < -0.39 is 0 Å². The molecule has 0 amide bonds. The van der Waals surface area contributed by atoms with Crippen molar-refractivity contribution < 1.29 is 9.53 Å². The van der Waals surface area contributed by atoms with Crippen molar-refractivity contribution in [1.82, 2.24) is 0 Å². The Bertz CT molecular complexity index is 420. The third kappa shape index (κ3) is 3.22. The first-order chi connectivity index (χ1) is 8.81. The van der Waals surface area contributed by atoms with E-state index in [0.717, 1.165) is 12.8 Å². The van der Waals surface area contributed by atoms with Crippen LogP contribution < -0.4 is 0 Å². The second-order valence-corrected chi connectivity index (χ2v) is 4.68. The highest BCUT2D eigenvalue weighted by Gasteiger charge is 2.21. The third-order valence-corrected chi connectivity index (χ3v) is 3.45. The maximum absolute atomic E-state index is 11.6. The van der Waals surface area contributed by atoms with Gasteiger partial charge >= 0.3 is 5.97 Å². The zero-order valence-corrected chi connectivity index (χ0v) is 10.9. The van der Waals surface area contributed by atoms with Crippen LogP contribution in [0.4, 0.5) is 0 Å². The average Bonchev–Trinajstić information content (AvgIpc) is 2.40. The van der Waals surface area contributed by atoms with Crippen LogP contribution in [-0.2, 0) is 9.53 Å². The SMILES string of the molecule is CCOC(=O)/C=C1/CCCCC1c1ccccc1. The van der Waals surface area contributed by atoms with E-state index in [1.165, 1.54) is 24.0 Å². The van der Waals surface area contributed by atoms with Gasteiger partial charge in [-0.2, -0.15) is 0 Å². The van der Waals surface area contributed by atoms with Crippen molar-refractivity contribution in [3.05, 3.63) is 47.5 Å². The fourth-order valence-electron chi connectivity index (χ4n) is 2.61. The van der Waals surface area contributed by atoms with Crippen molar-refractivity contribution in [2.45, 2.75) is 38.5 Å². The summed E-state index contributed by atoms with van der Waals surface area (Å²) in [6.07, 6.45) is 6.27. The summed E-state index contributed by atoms with van der Waals surface area (Å²) in [6, 6.07) is 10.4. The molecule has 2 nitrogen and oxygen atoms in total. The summed E-state index contributed by atoms with van der Waals surface area (Å²) in [5, 5.41) is 0. The number of hydrogen-bond acceptors (Lipinski definition) is 2. The maximum Gasteiger partial charge on any atom is 0.330 e. The lowest BCUT2D eigenvalue weighted by molar-refractivity contribution is -0.137. The fourth-order valence-corrected chi connectivity index (χ4v) is 2.61. The van der Waals surface area contributed by atoms with Crippen LogP contribution in [0.15, 0.2) is 42.0 Å². The van der Waals surface area contributed by atoms with E-state index in [1.54, 1.807) is 6.08 Å². The average molecular weight is 244 g/mol. The lowest BCUT2D eigenvalue weighted by Crippen LogP contribution is -2.11. The van der Waals surface area contributed by atoms with Gasteiger partial charge in [0, 0.05) is 12.0 Å². The number of esters is 1. The standard InChI is InChI=1S/C16H20O2/c1-2-18-16(17)12-14-10-6-7-11-15(14)13-8-4-3-5-9-13/h3-5,8-9,12,15H,2,6-7,10-11H2,1H3/b14-12-. The second kappa shape index (κ2) is 6.39. The van der Waals surface area contributed by atoms with Gasteiger partial charge in [-0.05, 0) is 31.7 Å². The second-order valence-electron chi connectivity index (χ2n) is 4.68. The Kier molecular flexibility index (Phi) is 4.57. The molecule has 2 heteroatoms. The number of allylic oxidation sites excluding steroid dienone is 1. The number of ether oxygens (including phenoxy) is 1. The number of carbonyl (C=O) groups excluding carboxylic acids is 1. The van der Waals surface area contributed by atoms with Crippen molar-refractivity contribution in [3.8, 4) is 0 Å². The molecule has 1 aromatic carbocycles. The van der Waals surface area contributed by atoms with Gasteiger partial charge in [-0.25, -0.2) is 4.79 Å². The largest absolute Gasteiger partial charge is 0.463 e. The maximum atomic E-state index is 11.6. The number of hydrogen-bond donors (Lipinski definition) is 0. The molecule has 0 aromatic heterocycles. The quantitative estimate of drug-likeness (QED) is 0.596. The monoisotopic (exact) mass is 244 g/mol. The van der Waals surface area contributed by atoms with E-state index in [2.05, 4.69) is 24.3 Å². The summed E-state index contributed by atoms with van der Waals surface area (Å²) in [5.41, 5.74) is 2.54. The van der Waals surface area contributed by atoms with E-state index in [9.17, 15) is 4.79 Å². The van der Waals surface area contributed by atoms with Crippen molar-refractivity contribution >= 4 is 5.97 Å². The summed E-state index contributed by atoms with van der Waals surface area (Å²) in [6.45, 7) is 2.28. The molecule has 0 N–H and O–H groups in total. The van der Waals surface area contributed by atoms with E-state index in [1.807, 2.05) is 13.0 Å². The van der Waals surface area contributed by atoms with Gasteiger partial charge in [0.2, 0.25) is 0 Å². The minimum Gasteiger partial charge on any atom is -0.463 e. The highest BCUT2D eigenvalue weighted by atomic mass is 16.5. The zero-order valence-electron chi connectivity index (χ0n) is 10.9. The predicted octanol–water partition coefficient (Wildman–Crippen LogP) is 3.83. The van der Waals surface area contributed by atoms with Crippen molar-refractivity contribution in [2.24, 2.45) is 0 Å². The van der Waals surface area contributed by atoms with E-state index in [0.29, 0.717) is 12.5 Å². The molecule has 0 saturated heterocycles. The molecule has 1 saturated carbocycles. The minimum absolute atomic E-state index is 0.199. The van der Waals surface area contributed by atoms with Crippen molar-refractivity contribution in [3.63, 3.8) is 0 Å². The fraction of sp³-hybridized carbons (Fsp3) is 0.438. The lowest BCUT2D eigenvalue weighted by atomic mass is 9.79. The van der Waals surface area contributed by atoms with Crippen molar-refractivity contribution in [1.29, 1.82) is 0 Å². The molecular weight excluding hydrogens is 224 g/mol. The van der Waals surface area contributed by atoms with Crippen LogP contribution in [0, 0.1) is 0 Å². The van der Waals surface area contributed by atoms with Gasteiger partial charge in [0.1, 0.15) is 0 Å². The summed E-state index contributed by atoms with van der Waals surface area (Å²) < 4.78 is 5.01. The summed E-state index contributed by atoms with van der Waals surface area (Å²) in [4.78, 5) is 11.6. The molecule has 1 unspecified atom stereocenters. The lowest BCUT2D eigenvalue weighted by Gasteiger charge is -2.25. The van der Waals surface area contributed by atoms with Gasteiger partial charge in [0.15, 0.2) is 0 Å². The van der Waals surface area contributed by atoms with Crippen LogP contribution in [0.5, 0.6) is 0 Å². The van der Waals surface area contributed by atoms with E-state index >= 15 is 0 Å². The van der Waals surface area contributed by atoms with Gasteiger partial charge in [0.25, 0.3) is 0 Å². The Morgan fingerprint density at radius 3 is 2.83 bits per heavy atom. The predicted molar refractivity (Wildman–Crippen MR) is 72.4 cm³/mol. The van der Waals surface area contributed by atoms with Gasteiger partial charge in [-0.3, -0.25) is 0 Å². The first-order valence-electron chi connectivity index (χ1n) is 6.73. The molecule has 0 bridgehead atoms. The molecule has 96 valence electrons. The molecular formula is C16H20O2. The molecule has 0 heterocycles. The summed E-state index contributed by atoms with van der Waals surface area (Å²) >= 11 is 0. The van der Waals surface area contributed by atoms with Gasteiger partial charge in [-0.15, -0.1) is 0 Å². The first-order valence-corrected chi connectivity index (χ1v) is 6.73. The highest BCUT2D eigenvalue weighted by molar-refractivity contribution is 5.83. The van der Waals surface area contributed by atoms with Crippen molar-refractivity contribution in [2.75, 3.05) is 6.61 Å². The summed E-state index contributed by atoms with van der Waals surface area (Å²) in [7, 11) is 0. The van der Waals surface area contributed by atoms with Crippen LogP contribution in [-0.4, -0.2) is 12.6 Å². The molecule has 18 heavy (non-hydrogen) atoms. The summed E-state index contributed by atoms with van der Waals surface area (Å²) in [5.74, 6) is 0.194. The Morgan fingerprint density at radius 2 is 2.11 bits per heavy atom. The number of rotatable bonds is 3. The van der Waals surface area contributed by atoms with Gasteiger partial charge in [-0.1, -0.05) is 42.3 Å².